The molecule has 0 aliphatic carbocycles. The number of carbonyl (C=O) groups excluding carboxylic acids is 4. The molecule has 0 spiro atoms. The van der Waals surface area contributed by atoms with Gasteiger partial charge in [-0.1, -0.05) is 38.1 Å². The van der Waals surface area contributed by atoms with Crippen molar-refractivity contribution in [1.82, 2.24) is 20.9 Å². The minimum absolute atomic E-state index is 0.0275. The Morgan fingerprint density at radius 2 is 1.66 bits per heavy atom. The maximum atomic E-state index is 13.5. The molecule has 1 aliphatic heterocycles. The minimum Gasteiger partial charge on any atom is -0.496 e. The lowest BCUT2D eigenvalue weighted by Crippen LogP contribution is -2.52. The van der Waals surface area contributed by atoms with Gasteiger partial charge in [-0.05, 0) is 61.2 Å². The monoisotopic (exact) mass is 708 g/mol. The fourth-order valence-electron chi connectivity index (χ4n) is 5.38. The highest BCUT2D eigenvalue weighted by atomic mass is 32.2. The molecule has 0 saturated carbocycles. The number of nitrogens with one attached hydrogen (secondary N) is 3. The molecular formula is C36H44N4O9S. The number of sulfone groups is 1. The summed E-state index contributed by atoms with van der Waals surface area (Å²) in [6.07, 6.45) is 0.538. The van der Waals surface area contributed by atoms with E-state index in [0.29, 0.717) is 41.2 Å². The third kappa shape index (κ3) is 9.97. The Hall–Kier alpha value is -5.11. The Bertz CT molecular complexity index is 1780. The number of ether oxygens (including phenoxy) is 3. The van der Waals surface area contributed by atoms with Gasteiger partial charge in [0.05, 0.1) is 43.5 Å². The Balaban J connectivity index is 1.61. The smallest absolute Gasteiger partial charge is 0.251 e. The van der Waals surface area contributed by atoms with Crippen LogP contribution in [-0.2, 0) is 30.8 Å². The quantitative estimate of drug-likeness (QED) is 0.333. The number of hydrogen-bond acceptors (Lipinski definition) is 9. The largest absolute Gasteiger partial charge is 0.496 e. The zero-order chi connectivity index (χ0) is 36.3. The van der Waals surface area contributed by atoms with E-state index in [4.69, 9.17) is 14.2 Å². The van der Waals surface area contributed by atoms with Crippen LogP contribution in [0.2, 0.25) is 0 Å². The van der Waals surface area contributed by atoms with E-state index >= 15 is 0 Å². The van der Waals surface area contributed by atoms with Gasteiger partial charge in [-0.15, -0.1) is 0 Å². The van der Waals surface area contributed by atoms with E-state index in [-0.39, 0.29) is 55.1 Å². The second-order valence-corrected chi connectivity index (χ2v) is 14.2. The van der Waals surface area contributed by atoms with E-state index in [0.717, 1.165) is 0 Å². The first-order chi connectivity index (χ1) is 23.9. The van der Waals surface area contributed by atoms with Crippen LogP contribution in [0.5, 0.6) is 23.0 Å². The standard InChI is InChI=1S/C36H44N4O9S/c1-24(2)34-36(44)38-22-27-28(47-3)13-10-14-29(27)49-31-21-25(15-16-30(31)48-4)35(43)37-18-8-9-19-40(23-32(41)39-34)33(42)17-20-50(45,46)26-11-6-5-7-12-26/h5-7,10-16,21,24,34H,8-9,17-20,22-23H2,1-4H3,(H,37,43)(H,38,44)(H,39,41)/t34-/m1/s1. The fraction of sp³-hybridized carbons (Fsp3) is 0.389. The van der Waals surface area contributed by atoms with Crippen molar-refractivity contribution in [3.63, 3.8) is 0 Å². The molecule has 3 N–H and O–H groups in total. The molecule has 0 fully saturated rings. The third-order valence-corrected chi connectivity index (χ3v) is 9.91. The van der Waals surface area contributed by atoms with Crippen molar-refractivity contribution in [3.05, 3.63) is 77.9 Å². The number of rotatable bonds is 7. The molecule has 1 aliphatic rings. The van der Waals surface area contributed by atoms with Crippen molar-refractivity contribution in [1.29, 1.82) is 0 Å². The number of carbonyl (C=O) groups is 4. The zero-order valence-electron chi connectivity index (χ0n) is 28.7. The summed E-state index contributed by atoms with van der Waals surface area (Å²) in [5, 5.41) is 8.47. The molecule has 13 nitrogen and oxygen atoms in total. The van der Waals surface area contributed by atoms with E-state index in [2.05, 4.69) is 16.0 Å². The molecule has 268 valence electrons. The second kappa shape index (κ2) is 17.5. The molecule has 0 saturated heterocycles. The fourth-order valence-corrected chi connectivity index (χ4v) is 6.64. The molecule has 3 aromatic rings. The van der Waals surface area contributed by atoms with Gasteiger partial charge in [0.15, 0.2) is 21.3 Å². The van der Waals surface area contributed by atoms with Crippen molar-refractivity contribution >= 4 is 33.5 Å². The highest BCUT2D eigenvalue weighted by Crippen LogP contribution is 2.37. The number of methoxy groups -OCH3 is 2. The Labute approximate surface area is 292 Å². The van der Waals surface area contributed by atoms with Gasteiger partial charge >= 0.3 is 0 Å². The van der Waals surface area contributed by atoms with Gasteiger partial charge in [0.1, 0.15) is 17.5 Å². The van der Waals surface area contributed by atoms with Gasteiger partial charge in [-0.2, -0.15) is 0 Å². The van der Waals surface area contributed by atoms with Crippen LogP contribution in [0, 0.1) is 5.92 Å². The lowest BCUT2D eigenvalue weighted by atomic mass is 10.0. The molecule has 1 atom stereocenters. The SMILES string of the molecule is COc1ccc2cc1Oc1cccc(OC)c1CNC(=O)[C@@H](C(C)C)NC(=O)CN(C(=O)CCS(=O)(=O)c1ccccc1)CCCCNC2=O. The number of hydrogen-bond donors (Lipinski definition) is 3. The summed E-state index contributed by atoms with van der Waals surface area (Å²) in [5.41, 5.74) is 0.826. The minimum atomic E-state index is -3.74. The molecule has 1 heterocycles. The van der Waals surface area contributed by atoms with E-state index < -0.39 is 39.4 Å². The lowest BCUT2D eigenvalue weighted by Gasteiger charge is -2.26. The summed E-state index contributed by atoms with van der Waals surface area (Å²) in [7, 11) is -0.767. The summed E-state index contributed by atoms with van der Waals surface area (Å²) >= 11 is 0. The molecule has 50 heavy (non-hydrogen) atoms. The summed E-state index contributed by atoms with van der Waals surface area (Å²) in [4.78, 5) is 54.7. The highest BCUT2D eigenvalue weighted by Gasteiger charge is 2.28. The van der Waals surface area contributed by atoms with Gasteiger partial charge in [-0.3, -0.25) is 19.2 Å². The number of benzene rings is 3. The van der Waals surface area contributed by atoms with Crippen LogP contribution in [0.4, 0.5) is 0 Å². The van der Waals surface area contributed by atoms with Crippen LogP contribution < -0.4 is 30.2 Å². The first-order valence-electron chi connectivity index (χ1n) is 16.4. The summed E-state index contributed by atoms with van der Waals surface area (Å²) < 4.78 is 43.0. The third-order valence-electron chi connectivity index (χ3n) is 8.18. The van der Waals surface area contributed by atoms with E-state index in [1.54, 1.807) is 68.4 Å². The second-order valence-electron chi connectivity index (χ2n) is 12.1. The molecule has 4 rings (SSSR count). The normalized spacial score (nSPS) is 16.6. The molecule has 0 unspecified atom stereocenters. The molecule has 14 heteroatoms. The van der Waals surface area contributed by atoms with Gasteiger partial charge in [0.25, 0.3) is 5.91 Å². The first-order valence-corrected chi connectivity index (χ1v) is 18.0. The predicted octanol–water partition coefficient (Wildman–Crippen LogP) is 3.47. The topological polar surface area (TPSA) is 169 Å². The lowest BCUT2D eigenvalue weighted by molar-refractivity contribution is -0.137. The highest BCUT2D eigenvalue weighted by molar-refractivity contribution is 7.91. The molecule has 2 bridgehead atoms. The molecule has 4 amide bonds. The van der Waals surface area contributed by atoms with Gasteiger partial charge in [0, 0.05) is 25.1 Å². The summed E-state index contributed by atoms with van der Waals surface area (Å²) in [5.74, 6) is -1.24. The van der Waals surface area contributed by atoms with Crippen LogP contribution in [0.1, 0.15) is 49.0 Å². The van der Waals surface area contributed by atoms with E-state index in [1.807, 2.05) is 0 Å². The molecule has 0 aromatic heterocycles. The first kappa shape index (κ1) is 37.7. The van der Waals surface area contributed by atoms with Crippen LogP contribution in [0.3, 0.4) is 0 Å². The van der Waals surface area contributed by atoms with Crippen LogP contribution >= 0.6 is 0 Å². The van der Waals surface area contributed by atoms with Crippen molar-refractivity contribution in [3.8, 4) is 23.0 Å². The van der Waals surface area contributed by atoms with E-state index in [9.17, 15) is 27.6 Å². The maximum Gasteiger partial charge on any atom is 0.251 e. The van der Waals surface area contributed by atoms with Gasteiger partial charge in [0.2, 0.25) is 17.7 Å². The van der Waals surface area contributed by atoms with Crippen LogP contribution in [0.25, 0.3) is 0 Å². The maximum absolute atomic E-state index is 13.5. The average molecular weight is 709 g/mol. The van der Waals surface area contributed by atoms with Crippen LogP contribution in [0.15, 0.2) is 71.6 Å². The van der Waals surface area contributed by atoms with E-state index in [1.165, 1.54) is 31.3 Å². The molecule has 0 radical (unpaired) electrons. The van der Waals surface area contributed by atoms with Crippen LogP contribution in [-0.4, -0.2) is 82.6 Å². The zero-order valence-corrected chi connectivity index (χ0v) is 29.5. The van der Waals surface area contributed by atoms with Gasteiger partial charge < -0.3 is 35.1 Å². The van der Waals surface area contributed by atoms with Crippen molar-refractivity contribution in [2.45, 2.75) is 50.6 Å². The Morgan fingerprint density at radius 1 is 0.920 bits per heavy atom. The van der Waals surface area contributed by atoms with Gasteiger partial charge in [-0.25, -0.2) is 8.42 Å². The van der Waals surface area contributed by atoms with Crippen molar-refractivity contribution in [2.75, 3.05) is 39.6 Å². The molecule has 3 aromatic carbocycles. The number of fused-ring (bicyclic) bond motifs is 3. The average Bonchev–Trinajstić information content (AvgIpc) is 3.11. The number of nitrogens with zero attached hydrogens (tertiary/aromatic N) is 1. The molecular weight excluding hydrogens is 664 g/mol. The Morgan fingerprint density at radius 3 is 2.36 bits per heavy atom. The Kier molecular flexibility index (Phi) is 13.2. The number of amides is 4. The predicted molar refractivity (Wildman–Crippen MR) is 186 cm³/mol. The summed E-state index contributed by atoms with van der Waals surface area (Å²) in [6, 6.07) is 16.8. The summed E-state index contributed by atoms with van der Waals surface area (Å²) in [6.45, 7) is 3.56. The van der Waals surface area contributed by atoms with Crippen molar-refractivity contribution < 1.29 is 41.8 Å². The van der Waals surface area contributed by atoms with Crippen molar-refractivity contribution in [2.24, 2.45) is 5.92 Å².